The van der Waals surface area contributed by atoms with Crippen LogP contribution in [0.15, 0.2) is 6.20 Å². The van der Waals surface area contributed by atoms with E-state index in [0.29, 0.717) is 5.41 Å². The molecule has 0 amide bonds. The second kappa shape index (κ2) is 2.35. The van der Waals surface area contributed by atoms with E-state index in [0.717, 1.165) is 19.0 Å². The second-order valence-corrected chi connectivity index (χ2v) is 4.45. The van der Waals surface area contributed by atoms with Gasteiger partial charge in [0.25, 0.3) is 0 Å². The lowest BCUT2D eigenvalue weighted by molar-refractivity contribution is 0.342. The van der Waals surface area contributed by atoms with Crippen molar-refractivity contribution >= 4 is 0 Å². The molecule has 2 heterocycles. The topological polar surface area (TPSA) is 40.7 Å². The second-order valence-electron chi connectivity index (χ2n) is 4.45. The molecule has 1 saturated heterocycles. The maximum Gasteiger partial charge on any atom is 0.0528 e. The summed E-state index contributed by atoms with van der Waals surface area (Å²) < 4.78 is 0. The highest BCUT2D eigenvalue weighted by Gasteiger charge is 2.47. The van der Waals surface area contributed by atoms with Crippen LogP contribution in [0.4, 0.5) is 0 Å². The molecule has 2 aliphatic rings. The molecule has 0 bridgehead atoms. The normalized spacial score (nSPS) is 37.2. The molecule has 3 nitrogen and oxygen atoms in total. The Morgan fingerprint density at radius 3 is 3.31 bits per heavy atom. The van der Waals surface area contributed by atoms with Crippen LogP contribution in [-0.2, 0) is 11.8 Å². The molecule has 13 heavy (non-hydrogen) atoms. The number of H-pyrrole nitrogens is 1. The molecule has 3 rings (SSSR count). The number of nitrogens with zero attached hydrogens (tertiary/aromatic N) is 1. The molecule has 1 fully saturated rings. The minimum Gasteiger partial charge on any atom is -0.316 e. The number of nitrogens with one attached hydrogen (secondary N) is 2. The molecular weight excluding hydrogens is 162 g/mol. The average molecular weight is 177 g/mol. The van der Waals surface area contributed by atoms with E-state index in [-0.39, 0.29) is 0 Å². The van der Waals surface area contributed by atoms with E-state index in [1.54, 1.807) is 0 Å². The van der Waals surface area contributed by atoms with Crippen molar-refractivity contribution < 1.29 is 0 Å². The Kier molecular flexibility index (Phi) is 1.37. The Balaban J connectivity index is 2.12. The van der Waals surface area contributed by atoms with Crippen LogP contribution in [-0.4, -0.2) is 23.3 Å². The van der Waals surface area contributed by atoms with Crippen molar-refractivity contribution in [3.05, 3.63) is 17.5 Å². The van der Waals surface area contributed by atoms with Gasteiger partial charge in [-0.2, -0.15) is 5.10 Å². The third-order valence-corrected chi connectivity index (χ3v) is 3.90. The fraction of sp³-hybridized carbons (Fsp3) is 0.700. The summed E-state index contributed by atoms with van der Waals surface area (Å²) in [7, 11) is 0. The van der Waals surface area contributed by atoms with Gasteiger partial charge in [0.05, 0.1) is 6.20 Å². The van der Waals surface area contributed by atoms with Gasteiger partial charge in [-0.05, 0) is 25.3 Å². The molecular formula is C10H15N3. The third kappa shape index (κ3) is 0.804. The Hall–Kier alpha value is -0.830. The number of fused-ring (bicyclic) bond motifs is 2. The van der Waals surface area contributed by atoms with Crippen molar-refractivity contribution in [3.8, 4) is 0 Å². The molecule has 1 spiro atoms. The van der Waals surface area contributed by atoms with Crippen molar-refractivity contribution in [2.75, 3.05) is 13.1 Å². The van der Waals surface area contributed by atoms with Gasteiger partial charge in [0.1, 0.15) is 0 Å². The largest absolute Gasteiger partial charge is 0.316 e. The number of aromatic amines is 1. The maximum absolute atomic E-state index is 4.14. The van der Waals surface area contributed by atoms with Gasteiger partial charge in [-0.15, -0.1) is 0 Å². The Bertz CT molecular complexity index is 323. The van der Waals surface area contributed by atoms with Gasteiger partial charge in [0.2, 0.25) is 0 Å². The highest BCUT2D eigenvalue weighted by Crippen LogP contribution is 2.46. The fourth-order valence-corrected chi connectivity index (χ4v) is 3.03. The van der Waals surface area contributed by atoms with Crippen LogP contribution in [0.25, 0.3) is 0 Å². The van der Waals surface area contributed by atoms with Crippen LogP contribution in [0.5, 0.6) is 0 Å². The molecule has 3 heteroatoms. The van der Waals surface area contributed by atoms with E-state index in [4.69, 9.17) is 0 Å². The summed E-state index contributed by atoms with van der Waals surface area (Å²) in [5.74, 6) is 0.770. The summed E-state index contributed by atoms with van der Waals surface area (Å²) in [4.78, 5) is 0. The zero-order valence-electron chi connectivity index (χ0n) is 7.93. The summed E-state index contributed by atoms with van der Waals surface area (Å²) >= 11 is 0. The first-order valence-corrected chi connectivity index (χ1v) is 5.06. The lowest BCUT2D eigenvalue weighted by Crippen LogP contribution is -2.32. The summed E-state index contributed by atoms with van der Waals surface area (Å²) in [5.41, 5.74) is 3.25. The minimum absolute atomic E-state index is 0.405. The Labute approximate surface area is 77.9 Å². The van der Waals surface area contributed by atoms with Crippen LogP contribution in [0.2, 0.25) is 0 Å². The summed E-state index contributed by atoms with van der Waals surface area (Å²) in [6.45, 7) is 4.66. The van der Waals surface area contributed by atoms with E-state index in [1.807, 2.05) is 6.20 Å². The van der Waals surface area contributed by atoms with Crippen molar-refractivity contribution in [3.63, 3.8) is 0 Å². The molecule has 0 radical (unpaired) electrons. The van der Waals surface area contributed by atoms with E-state index >= 15 is 0 Å². The van der Waals surface area contributed by atoms with Gasteiger partial charge in [-0.25, -0.2) is 0 Å². The first kappa shape index (κ1) is 7.56. The molecule has 0 aromatic carbocycles. The molecule has 1 aromatic rings. The zero-order chi connectivity index (χ0) is 8.89. The Morgan fingerprint density at radius 2 is 2.54 bits per heavy atom. The van der Waals surface area contributed by atoms with Gasteiger partial charge >= 0.3 is 0 Å². The average Bonchev–Trinajstić information content (AvgIpc) is 2.72. The molecule has 2 unspecified atom stereocenters. The minimum atomic E-state index is 0.405. The van der Waals surface area contributed by atoms with Crippen LogP contribution >= 0.6 is 0 Å². The number of hydrogen-bond acceptors (Lipinski definition) is 2. The highest BCUT2D eigenvalue weighted by molar-refractivity contribution is 5.36. The van der Waals surface area contributed by atoms with Crippen molar-refractivity contribution in [2.24, 2.45) is 5.92 Å². The summed E-state index contributed by atoms with van der Waals surface area (Å²) in [6, 6.07) is 0. The van der Waals surface area contributed by atoms with Gasteiger partial charge in [-0.1, -0.05) is 6.92 Å². The molecule has 1 aliphatic heterocycles. The predicted molar refractivity (Wildman–Crippen MR) is 50.6 cm³/mol. The van der Waals surface area contributed by atoms with E-state index in [9.17, 15) is 0 Å². The predicted octanol–water partition coefficient (Wildman–Crippen LogP) is 0.833. The molecule has 70 valence electrons. The molecule has 0 saturated carbocycles. The number of aromatic nitrogens is 2. The third-order valence-electron chi connectivity index (χ3n) is 3.90. The summed E-state index contributed by atoms with van der Waals surface area (Å²) in [6.07, 6.45) is 4.49. The molecule has 1 aromatic heterocycles. The molecule has 1 aliphatic carbocycles. The first-order valence-electron chi connectivity index (χ1n) is 5.06. The summed E-state index contributed by atoms with van der Waals surface area (Å²) in [5, 5.41) is 10.7. The van der Waals surface area contributed by atoms with Gasteiger partial charge in [0.15, 0.2) is 0 Å². The fourth-order valence-electron chi connectivity index (χ4n) is 3.03. The lowest BCUT2D eigenvalue weighted by atomic mass is 9.75. The standard InChI is InChI=1S/C10H15N3/c1-7-4-9-8(5-12-13-9)10(7)2-3-11-6-10/h5,7,11H,2-4,6H2,1H3,(H,12,13). The zero-order valence-corrected chi connectivity index (χ0v) is 7.93. The van der Waals surface area contributed by atoms with Gasteiger partial charge in [-0.3, -0.25) is 5.10 Å². The van der Waals surface area contributed by atoms with E-state index < -0.39 is 0 Å². The monoisotopic (exact) mass is 177 g/mol. The van der Waals surface area contributed by atoms with Crippen LogP contribution in [0.3, 0.4) is 0 Å². The van der Waals surface area contributed by atoms with Crippen LogP contribution in [0, 0.1) is 5.92 Å². The van der Waals surface area contributed by atoms with Crippen LogP contribution in [0.1, 0.15) is 24.6 Å². The lowest BCUT2D eigenvalue weighted by Gasteiger charge is -2.27. The smallest absolute Gasteiger partial charge is 0.0528 e. The quantitative estimate of drug-likeness (QED) is 0.616. The first-order chi connectivity index (χ1) is 6.33. The van der Waals surface area contributed by atoms with Gasteiger partial charge in [0, 0.05) is 23.2 Å². The number of rotatable bonds is 0. The van der Waals surface area contributed by atoms with Crippen molar-refractivity contribution in [1.29, 1.82) is 0 Å². The van der Waals surface area contributed by atoms with E-state index in [2.05, 4.69) is 22.4 Å². The Morgan fingerprint density at radius 1 is 1.62 bits per heavy atom. The number of hydrogen-bond donors (Lipinski definition) is 2. The maximum atomic E-state index is 4.14. The van der Waals surface area contributed by atoms with E-state index in [1.165, 1.54) is 24.1 Å². The van der Waals surface area contributed by atoms with Crippen molar-refractivity contribution in [2.45, 2.75) is 25.2 Å². The van der Waals surface area contributed by atoms with Gasteiger partial charge < -0.3 is 5.32 Å². The molecule has 2 atom stereocenters. The SMILES string of the molecule is CC1Cc2[nH]ncc2C12CCNC2. The highest BCUT2D eigenvalue weighted by atomic mass is 15.1. The van der Waals surface area contributed by atoms with Crippen molar-refractivity contribution in [1.82, 2.24) is 15.5 Å². The van der Waals surface area contributed by atoms with Crippen LogP contribution < -0.4 is 5.32 Å². The molecule has 2 N–H and O–H groups in total.